The van der Waals surface area contributed by atoms with Gasteiger partial charge in [0.1, 0.15) is 11.6 Å². The Labute approximate surface area is 246 Å². The van der Waals surface area contributed by atoms with Gasteiger partial charge >= 0.3 is 12.1 Å². The van der Waals surface area contributed by atoms with Crippen molar-refractivity contribution in [3.05, 3.63) is 35.4 Å². The van der Waals surface area contributed by atoms with Crippen LogP contribution in [0.3, 0.4) is 0 Å². The highest BCUT2D eigenvalue weighted by molar-refractivity contribution is 5.97. The Morgan fingerprint density at radius 3 is 2.29 bits per heavy atom. The lowest BCUT2D eigenvalue weighted by molar-refractivity contribution is -0.151. The second-order valence-corrected chi connectivity index (χ2v) is 12.6. The third kappa shape index (κ3) is 7.80. The molecule has 4 N–H and O–H groups in total. The first-order valence-corrected chi connectivity index (χ1v) is 15.3. The summed E-state index contributed by atoms with van der Waals surface area (Å²) in [6, 6.07) is 5.85. The molecule has 0 saturated heterocycles. The maximum atomic E-state index is 13.0. The molecule has 1 aromatic rings. The van der Waals surface area contributed by atoms with Crippen molar-refractivity contribution in [2.75, 3.05) is 19.6 Å². The third-order valence-electron chi connectivity index (χ3n) is 8.70. The normalized spacial score (nSPS) is 26.5. The summed E-state index contributed by atoms with van der Waals surface area (Å²) >= 11 is 0. The van der Waals surface area contributed by atoms with Crippen molar-refractivity contribution in [2.45, 2.75) is 89.4 Å². The van der Waals surface area contributed by atoms with Crippen LogP contribution in [0.5, 0.6) is 0 Å². The number of carbonyl (C=O) groups is 4. The molecule has 0 aromatic heterocycles. The number of aryl methyl sites for hydroxylation is 1. The number of aliphatic imine (C=N–C) groups is 1. The number of benzene rings is 1. The van der Waals surface area contributed by atoms with Gasteiger partial charge in [0.2, 0.25) is 5.91 Å². The maximum Gasteiger partial charge on any atom is 0.408 e. The number of amides is 3. The Morgan fingerprint density at radius 1 is 1.02 bits per heavy atom. The lowest BCUT2D eigenvalue weighted by Gasteiger charge is -2.55. The van der Waals surface area contributed by atoms with Gasteiger partial charge in [-0.3, -0.25) is 19.9 Å². The van der Waals surface area contributed by atoms with E-state index in [2.05, 4.69) is 26.3 Å². The number of nitrogens with zero attached hydrogens (tertiary/aromatic N) is 1. The number of alkyl carbamates (subject to hydrolysis) is 1. The van der Waals surface area contributed by atoms with Gasteiger partial charge in [0.25, 0.3) is 5.91 Å². The quantitative estimate of drug-likeness (QED) is 0.311. The van der Waals surface area contributed by atoms with Gasteiger partial charge in [-0.2, -0.15) is 0 Å². The number of hydrogen-bond donors (Lipinski definition) is 4. The van der Waals surface area contributed by atoms with Crippen LogP contribution >= 0.6 is 0 Å². The first-order chi connectivity index (χ1) is 20.2. The molecule has 11 nitrogen and oxygen atoms in total. The Hall–Kier alpha value is -3.63. The SMILES string of the molecule is CC(C)OC(=O)[C@H](CNC(=O)c1ccc(CCC(=O)NC2=NCCCN2)cc1)NC(=O)OC12CC3CC(CC(C3)C1)C2. The summed E-state index contributed by atoms with van der Waals surface area (Å²) < 4.78 is 11.4. The Bertz CT molecular complexity index is 1160. The average molecular weight is 582 g/mol. The van der Waals surface area contributed by atoms with Crippen molar-refractivity contribution in [1.29, 1.82) is 0 Å². The molecule has 4 aliphatic carbocycles. The predicted octanol–water partition coefficient (Wildman–Crippen LogP) is 2.83. The number of rotatable bonds is 10. The monoisotopic (exact) mass is 581 g/mol. The van der Waals surface area contributed by atoms with Crippen LogP contribution in [0.1, 0.15) is 81.1 Å². The molecule has 0 unspecified atom stereocenters. The molecule has 228 valence electrons. The van der Waals surface area contributed by atoms with Crippen LogP contribution in [-0.2, 0) is 25.5 Å². The van der Waals surface area contributed by atoms with E-state index in [4.69, 9.17) is 9.47 Å². The zero-order chi connectivity index (χ0) is 29.7. The van der Waals surface area contributed by atoms with Crippen LogP contribution in [0.4, 0.5) is 4.79 Å². The third-order valence-corrected chi connectivity index (χ3v) is 8.70. The van der Waals surface area contributed by atoms with Crippen LogP contribution in [0, 0.1) is 17.8 Å². The molecule has 4 saturated carbocycles. The van der Waals surface area contributed by atoms with E-state index in [0.29, 0.717) is 42.2 Å². The molecule has 1 aliphatic heterocycles. The highest BCUT2D eigenvalue weighted by atomic mass is 16.6. The molecular formula is C31H43N5O6. The van der Waals surface area contributed by atoms with Crippen LogP contribution in [0.2, 0.25) is 0 Å². The first-order valence-electron chi connectivity index (χ1n) is 15.3. The van der Waals surface area contributed by atoms with Crippen LogP contribution in [0.15, 0.2) is 29.3 Å². The molecule has 5 aliphatic rings. The molecule has 0 radical (unpaired) electrons. The van der Waals surface area contributed by atoms with Crippen LogP contribution in [0.25, 0.3) is 0 Å². The summed E-state index contributed by atoms with van der Waals surface area (Å²) in [5, 5.41) is 11.2. The highest BCUT2D eigenvalue weighted by Gasteiger charge is 2.53. The smallest absolute Gasteiger partial charge is 0.408 e. The second-order valence-electron chi connectivity index (χ2n) is 12.6. The van der Waals surface area contributed by atoms with Crippen molar-refractivity contribution < 1.29 is 28.7 Å². The van der Waals surface area contributed by atoms with Crippen molar-refractivity contribution in [1.82, 2.24) is 21.3 Å². The van der Waals surface area contributed by atoms with Crippen molar-refractivity contribution in [2.24, 2.45) is 22.7 Å². The highest BCUT2D eigenvalue weighted by Crippen LogP contribution is 2.57. The average Bonchev–Trinajstić information content (AvgIpc) is 2.93. The molecule has 1 heterocycles. The number of nitrogens with one attached hydrogen (secondary N) is 4. The minimum atomic E-state index is -1.08. The minimum Gasteiger partial charge on any atom is -0.461 e. The van der Waals surface area contributed by atoms with Gasteiger partial charge in [-0.25, -0.2) is 9.59 Å². The van der Waals surface area contributed by atoms with Gasteiger partial charge in [-0.15, -0.1) is 0 Å². The largest absolute Gasteiger partial charge is 0.461 e. The van der Waals surface area contributed by atoms with Crippen molar-refractivity contribution >= 4 is 29.8 Å². The summed E-state index contributed by atoms with van der Waals surface area (Å²) in [7, 11) is 0. The first kappa shape index (κ1) is 29.8. The molecule has 4 bridgehead atoms. The molecule has 1 atom stereocenters. The zero-order valence-electron chi connectivity index (χ0n) is 24.6. The van der Waals surface area contributed by atoms with Gasteiger partial charge < -0.3 is 25.4 Å². The molecule has 42 heavy (non-hydrogen) atoms. The summed E-state index contributed by atoms with van der Waals surface area (Å²) in [5.74, 6) is 1.21. The van der Waals surface area contributed by atoms with E-state index in [0.717, 1.165) is 37.8 Å². The summed E-state index contributed by atoms with van der Waals surface area (Å²) in [4.78, 5) is 55.2. The molecule has 11 heteroatoms. The maximum absolute atomic E-state index is 13.0. The Balaban J connectivity index is 1.11. The molecule has 0 spiro atoms. The van der Waals surface area contributed by atoms with E-state index in [9.17, 15) is 19.2 Å². The van der Waals surface area contributed by atoms with Crippen molar-refractivity contribution in [3.63, 3.8) is 0 Å². The number of guanidine groups is 1. The van der Waals surface area contributed by atoms with E-state index in [-0.39, 0.29) is 30.9 Å². The van der Waals surface area contributed by atoms with E-state index in [1.54, 1.807) is 38.1 Å². The molecule has 1 aromatic carbocycles. The Kier molecular flexibility index (Phi) is 9.33. The van der Waals surface area contributed by atoms with Gasteiger partial charge in [0.15, 0.2) is 5.96 Å². The van der Waals surface area contributed by atoms with E-state index in [1.807, 2.05) is 0 Å². The lowest BCUT2D eigenvalue weighted by Crippen LogP contribution is -2.56. The number of hydrogen-bond acceptors (Lipinski definition) is 8. The molecule has 6 rings (SSSR count). The van der Waals surface area contributed by atoms with Gasteiger partial charge in [0.05, 0.1) is 6.10 Å². The second kappa shape index (κ2) is 13.1. The minimum absolute atomic E-state index is 0.126. The van der Waals surface area contributed by atoms with E-state index in [1.165, 1.54) is 19.3 Å². The van der Waals surface area contributed by atoms with Gasteiger partial charge in [-0.1, -0.05) is 12.1 Å². The van der Waals surface area contributed by atoms with Crippen LogP contribution in [-0.4, -0.2) is 67.2 Å². The number of esters is 1. The zero-order valence-corrected chi connectivity index (χ0v) is 24.6. The van der Waals surface area contributed by atoms with Crippen LogP contribution < -0.4 is 21.3 Å². The lowest BCUT2D eigenvalue weighted by atomic mass is 9.54. The topological polar surface area (TPSA) is 147 Å². The number of carbonyl (C=O) groups excluding carboxylic acids is 4. The van der Waals surface area contributed by atoms with E-state index >= 15 is 0 Å². The fraction of sp³-hybridized carbons (Fsp3) is 0.645. The Morgan fingerprint density at radius 2 is 1.69 bits per heavy atom. The summed E-state index contributed by atoms with van der Waals surface area (Å²) in [6.07, 6.45) is 7.07. The van der Waals surface area contributed by atoms with Gasteiger partial charge in [-0.05, 0) is 101 Å². The van der Waals surface area contributed by atoms with E-state index < -0.39 is 23.7 Å². The van der Waals surface area contributed by atoms with Crippen molar-refractivity contribution in [3.8, 4) is 0 Å². The summed E-state index contributed by atoms with van der Waals surface area (Å²) in [5.41, 5.74) is 0.863. The summed E-state index contributed by atoms with van der Waals surface area (Å²) in [6.45, 7) is 4.82. The fourth-order valence-corrected chi connectivity index (χ4v) is 7.22. The van der Waals surface area contributed by atoms with Gasteiger partial charge in [0, 0.05) is 31.6 Å². The number of ether oxygens (including phenoxy) is 2. The molecule has 4 fully saturated rings. The predicted molar refractivity (Wildman–Crippen MR) is 156 cm³/mol. The molecule has 3 amide bonds. The standard InChI is InChI=1S/C31H43N5O6/c1-19(2)41-28(39)25(35-30(40)42-31-15-21-12-22(16-31)14-23(13-21)17-31)18-34-27(38)24-7-4-20(5-8-24)6-9-26(37)36-29-32-10-3-11-33-29/h4-5,7-8,19,21-23,25H,3,6,9-18H2,1-2H3,(H,34,38)(H,35,40)(H2,32,33,36,37)/t21?,22?,23?,25-,31?/m0/s1. The fourth-order valence-electron chi connectivity index (χ4n) is 7.22. The molecular weight excluding hydrogens is 538 g/mol.